The monoisotopic (exact) mass is 275 g/mol. The van der Waals surface area contributed by atoms with E-state index in [4.69, 9.17) is 4.74 Å². The fourth-order valence-electron chi connectivity index (χ4n) is 1.87. The van der Waals surface area contributed by atoms with Crippen molar-refractivity contribution in [3.05, 3.63) is 36.0 Å². The lowest BCUT2D eigenvalue weighted by Gasteiger charge is -2.17. The summed E-state index contributed by atoms with van der Waals surface area (Å²) in [6.45, 7) is 5.31. The van der Waals surface area contributed by atoms with E-state index < -0.39 is 11.4 Å². The second-order valence-corrected chi connectivity index (χ2v) is 5.65. The van der Waals surface area contributed by atoms with Crippen molar-refractivity contribution >= 4 is 22.8 Å². The molecule has 0 saturated heterocycles. The smallest absolute Gasteiger partial charge is 0.337 e. The number of para-hydroxylation sites is 1. The summed E-state index contributed by atoms with van der Waals surface area (Å²) in [6, 6.07) is 7.13. The van der Waals surface area contributed by atoms with Crippen molar-refractivity contribution in [2.24, 2.45) is 5.41 Å². The second-order valence-electron chi connectivity index (χ2n) is 5.65. The lowest BCUT2D eigenvalue weighted by Crippen LogP contribution is -2.23. The summed E-state index contributed by atoms with van der Waals surface area (Å²) >= 11 is 0. The Labute approximate surface area is 116 Å². The van der Waals surface area contributed by atoms with Gasteiger partial charge in [0, 0.05) is 11.6 Å². The van der Waals surface area contributed by atoms with E-state index in [0.717, 1.165) is 5.52 Å². The Bertz CT molecular complexity index is 664. The first-order chi connectivity index (χ1) is 9.30. The zero-order valence-electron chi connectivity index (χ0n) is 11.7. The predicted molar refractivity (Wildman–Crippen MR) is 74.4 cm³/mol. The van der Waals surface area contributed by atoms with Crippen LogP contribution in [0.15, 0.2) is 30.5 Å². The predicted octanol–water partition coefficient (Wildman–Crippen LogP) is 2.89. The molecule has 106 valence electrons. The van der Waals surface area contributed by atoms with E-state index in [1.165, 1.54) is 6.20 Å². The van der Waals surface area contributed by atoms with Crippen LogP contribution in [0.3, 0.4) is 0 Å². The molecule has 1 heterocycles. The van der Waals surface area contributed by atoms with E-state index in [-0.39, 0.29) is 18.3 Å². The Hall–Kier alpha value is -2.30. The molecule has 0 unspecified atom stereocenters. The van der Waals surface area contributed by atoms with Crippen molar-refractivity contribution in [2.75, 3.05) is 0 Å². The number of aromatic nitrogens is 1. The zero-order chi connectivity index (χ0) is 14.9. The summed E-state index contributed by atoms with van der Waals surface area (Å²) < 4.78 is 6.85. The van der Waals surface area contributed by atoms with Crippen LogP contribution >= 0.6 is 0 Å². The first kappa shape index (κ1) is 14.1. The fourth-order valence-corrected chi connectivity index (χ4v) is 1.87. The normalized spacial score (nSPS) is 11.6. The third-order valence-electron chi connectivity index (χ3n) is 2.97. The van der Waals surface area contributed by atoms with Gasteiger partial charge in [-0.15, -0.1) is 0 Å². The van der Waals surface area contributed by atoms with Crippen LogP contribution in [0.25, 0.3) is 10.9 Å². The molecule has 5 nitrogen and oxygen atoms in total. The molecule has 1 aromatic heterocycles. The maximum absolute atomic E-state index is 11.8. The van der Waals surface area contributed by atoms with Gasteiger partial charge in [0.15, 0.2) is 6.73 Å². The standard InChI is InChI=1S/C15H17NO4/c1-15(2,3)14(19)20-9-16-8-11(13(17)18)10-6-4-5-7-12(10)16/h4-8H,9H2,1-3H3,(H,17,18). The quantitative estimate of drug-likeness (QED) is 0.874. The van der Waals surface area contributed by atoms with Gasteiger partial charge in [-0.1, -0.05) is 18.2 Å². The van der Waals surface area contributed by atoms with Gasteiger partial charge in [0.25, 0.3) is 0 Å². The summed E-state index contributed by atoms with van der Waals surface area (Å²) in [5.74, 6) is -1.32. The van der Waals surface area contributed by atoms with Gasteiger partial charge >= 0.3 is 11.9 Å². The van der Waals surface area contributed by atoms with Gasteiger partial charge in [-0.05, 0) is 26.8 Å². The number of nitrogens with zero attached hydrogens (tertiary/aromatic N) is 1. The van der Waals surface area contributed by atoms with Crippen LogP contribution in [-0.4, -0.2) is 21.6 Å². The molecule has 0 aliphatic heterocycles. The van der Waals surface area contributed by atoms with Crippen LogP contribution < -0.4 is 0 Å². The first-order valence-corrected chi connectivity index (χ1v) is 6.29. The molecule has 2 rings (SSSR count). The molecule has 0 aliphatic carbocycles. The molecular formula is C15H17NO4. The van der Waals surface area contributed by atoms with Gasteiger partial charge < -0.3 is 14.4 Å². The molecular weight excluding hydrogens is 258 g/mol. The van der Waals surface area contributed by atoms with Gasteiger partial charge in [-0.2, -0.15) is 0 Å². The van der Waals surface area contributed by atoms with Crippen LogP contribution in [-0.2, 0) is 16.3 Å². The van der Waals surface area contributed by atoms with Gasteiger partial charge in [0.1, 0.15) is 0 Å². The van der Waals surface area contributed by atoms with Crippen LogP contribution in [0.2, 0.25) is 0 Å². The SMILES string of the molecule is CC(C)(C)C(=O)OCn1cc(C(=O)O)c2ccccc21. The number of aromatic carboxylic acids is 1. The van der Waals surface area contributed by atoms with Gasteiger partial charge in [-0.3, -0.25) is 4.79 Å². The molecule has 20 heavy (non-hydrogen) atoms. The van der Waals surface area contributed by atoms with E-state index in [1.54, 1.807) is 43.5 Å². The number of carboxylic acids is 1. The lowest BCUT2D eigenvalue weighted by atomic mass is 9.98. The fraction of sp³-hybridized carbons (Fsp3) is 0.333. The maximum Gasteiger partial charge on any atom is 0.337 e. The number of esters is 1. The number of carbonyl (C=O) groups excluding carboxylic acids is 1. The van der Waals surface area contributed by atoms with Gasteiger partial charge in [-0.25, -0.2) is 4.79 Å². The van der Waals surface area contributed by atoms with Crippen LogP contribution in [0.1, 0.15) is 31.1 Å². The molecule has 0 spiro atoms. The minimum Gasteiger partial charge on any atom is -0.478 e. The third kappa shape index (κ3) is 2.66. The summed E-state index contributed by atoms with van der Waals surface area (Å²) in [5, 5.41) is 9.81. The first-order valence-electron chi connectivity index (χ1n) is 6.29. The van der Waals surface area contributed by atoms with Crippen LogP contribution in [0.4, 0.5) is 0 Å². The summed E-state index contributed by atoms with van der Waals surface area (Å²) in [7, 11) is 0. The summed E-state index contributed by atoms with van der Waals surface area (Å²) in [5.41, 5.74) is 0.345. The summed E-state index contributed by atoms with van der Waals surface area (Å²) in [4.78, 5) is 23.0. The van der Waals surface area contributed by atoms with E-state index >= 15 is 0 Å². The largest absolute Gasteiger partial charge is 0.478 e. The average Bonchev–Trinajstić information content (AvgIpc) is 2.74. The number of ether oxygens (including phenoxy) is 1. The Kier molecular flexibility index (Phi) is 3.53. The number of fused-ring (bicyclic) bond motifs is 1. The van der Waals surface area contributed by atoms with Crippen molar-refractivity contribution in [1.82, 2.24) is 4.57 Å². The van der Waals surface area contributed by atoms with E-state index in [9.17, 15) is 14.7 Å². The Balaban J connectivity index is 2.31. The van der Waals surface area contributed by atoms with E-state index in [0.29, 0.717) is 5.39 Å². The van der Waals surface area contributed by atoms with Crippen molar-refractivity contribution in [2.45, 2.75) is 27.5 Å². The molecule has 0 amide bonds. The molecule has 0 radical (unpaired) electrons. The zero-order valence-corrected chi connectivity index (χ0v) is 11.7. The highest BCUT2D eigenvalue weighted by Crippen LogP contribution is 2.22. The molecule has 5 heteroatoms. The molecule has 2 aromatic rings. The second kappa shape index (κ2) is 5.00. The Morgan fingerprint density at radius 3 is 2.50 bits per heavy atom. The molecule has 0 atom stereocenters. The Morgan fingerprint density at radius 1 is 1.25 bits per heavy atom. The third-order valence-corrected chi connectivity index (χ3v) is 2.97. The number of benzene rings is 1. The molecule has 0 aliphatic rings. The highest BCUT2D eigenvalue weighted by Gasteiger charge is 2.23. The average molecular weight is 275 g/mol. The number of rotatable bonds is 3. The molecule has 1 aromatic carbocycles. The number of hydrogen-bond acceptors (Lipinski definition) is 3. The molecule has 0 bridgehead atoms. The molecule has 0 fully saturated rings. The van der Waals surface area contributed by atoms with Crippen LogP contribution in [0.5, 0.6) is 0 Å². The van der Waals surface area contributed by atoms with Crippen molar-refractivity contribution in [3.8, 4) is 0 Å². The minimum atomic E-state index is -0.998. The van der Waals surface area contributed by atoms with Gasteiger partial charge in [0.2, 0.25) is 0 Å². The maximum atomic E-state index is 11.8. The molecule has 0 saturated carbocycles. The highest BCUT2D eigenvalue weighted by molar-refractivity contribution is 6.03. The van der Waals surface area contributed by atoms with Crippen LogP contribution in [0, 0.1) is 5.41 Å². The number of carboxylic acid groups (broad SMARTS) is 1. The Morgan fingerprint density at radius 2 is 1.90 bits per heavy atom. The number of hydrogen-bond donors (Lipinski definition) is 1. The van der Waals surface area contributed by atoms with E-state index in [1.807, 2.05) is 6.07 Å². The van der Waals surface area contributed by atoms with E-state index in [2.05, 4.69) is 0 Å². The van der Waals surface area contributed by atoms with Crippen molar-refractivity contribution in [3.63, 3.8) is 0 Å². The highest BCUT2D eigenvalue weighted by atomic mass is 16.5. The van der Waals surface area contributed by atoms with Crippen molar-refractivity contribution < 1.29 is 19.4 Å². The minimum absolute atomic E-state index is 0.00387. The lowest BCUT2D eigenvalue weighted by molar-refractivity contribution is -0.156. The summed E-state index contributed by atoms with van der Waals surface area (Å²) in [6.07, 6.45) is 1.49. The van der Waals surface area contributed by atoms with Gasteiger partial charge in [0.05, 0.1) is 16.5 Å². The topological polar surface area (TPSA) is 68.5 Å². The van der Waals surface area contributed by atoms with Crippen molar-refractivity contribution in [1.29, 1.82) is 0 Å². The molecule has 1 N–H and O–H groups in total. The number of carbonyl (C=O) groups is 2.